The van der Waals surface area contributed by atoms with Crippen LogP contribution in [0.2, 0.25) is 5.02 Å². The predicted octanol–water partition coefficient (Wildman–Crippen LogP) is 0.994. The number of rotatable bonds is 3. The minimum Gasteiger partial charge on any atom is -0.386 e. The number of hydrogen-bond acceptors (Lipinski definition) is 5. The molecule has 116 valence electrons. The standard InChI is InChI=1S/C14H16ClN5O2/c15-12-8-16-4-2-11(12)13(21)19-6-1-3-14(22,9-19)10-20-7-5-17-18-20/h2,4-5,7-8,22H,1,3,6,9-10H2. The van der Waals surface area contributed by atoms with Crippen molar-refractivity contribution in [3.63, 3.8) is 0 Å². The monoisotopic (exact) mass is 321 g/mol. The van der Waals surface area contributed by atoms with Gasteiger partial charge in [-0.05, 0) is 18.9 Å². The third-order valence-electron chi connectivity index (χ3n) is 3.77. The SMILES string of the molecule is O=C(c1ccncc1Cl)N1CCCC(O)(Cn2ccnn2)C1. The van der Waals surface area contributed by atoms with Crippen molar-refractivity contribution in [1.29, 1.82) is 0 Å². The van der Waals surface area contributed by atoms with Gasteiger partial charge in [0.05, 0.1) is 29.9 Å². The van der Waals surface area contributed by atoms with Crippen LogP contribution >= 0.6 is 11.6 Å². The van der Waals surface area contributed by atoms with Crippen molar-refractivity contribution in [3.8, 4) is 0 Å². The molecule has 1 aliphatic rings. The summed E-state index contributed by atoms with van der Waals surface area (Å²) in [5.41, 5.74) is -0.608. The lowest BCUT2D eigenvalue weighted by Gasteiger charge is -2.39. The second-order valence-corrected chi connectivity index (χ2v) is 5.92. The van der Waals surface area contributed by atoms with Crippen molar-refractivity contribution in [3.05, 3.63) is 41.4 Å². The number of carbonyl (C=O) groups excluding carboxylic acids is 1. The van der Waals surface area contributed by atoms with Gasteiger partial charge in [0.1, 0.15) is 5.60 Å². The number of amides is 1. The Morgan fingerprint density at radius 3 is 3.05 bits per heavy atom. The number of halogens is 1. The zero-order valence-corrected chi connectivity index (χ0v) is 12.6. The minimum atomic E-state index is -1.01. The molecule has 1 atom stereocenters. The Bertz CT molecular complexity index is 663. The van der Waals surface area contributed by atoms with Crippen LogP contribution in [0.4, 0.5) is 0 Å². The summed E-state index contributed by atoms with van der Waals surface area (Å²) in [5, 5.41) is 18.7. The van der Waals surface area contributed by atoms with Gasteiger partial charge in [0.2, 0.25) is 0 Å². The highest BCUT2D eigenvalue weighted by molar-refractivity contribution is 6.33. The molecule has 2 aromatic heterocycles. The van der Waals surface area contributed by atoms with Gasteiger partial charge in [-0.1, -0.05) is 16.8 Å². The molecular weight excluding hydrogens is 306 g/mol. The average Bonchev–Trinajstić information content (AvgIpc) is 2.99. The molecule has 1 unspecified atom stereocenters. The molecule has 0 saturated carbocycles. The number of piperidine rings is 1. The average molecular weight is 322 g/mol. The van der Waals surface area contributed by atoms with Gasteiger partial charge in [-0.3, -0.25) is 9.78 Å². The lowest BCUT2D eigenvalue weighted by atomic mass is 9.92. The summed E-state index contributed by atoms with van der Waals surface area (Å²) in [7, 11) is 0. The van der Waals surface area contributed by atoms with Crippen LogP contribution < -0.4 is 0 Å². The van der Waals surface area contributed by atoms with Gasteiger partial charge < -0.3 is 10.0 Å². The maximum absolute atomic E-state index is 12.6. The van der Waals surface area contributed by atoms with Crippen LogP contribution in [0.3, 0.4) is 0 Å². The molecule has 7 nitrogen and oxygen atoms in total. The highest BCUT2D eigenvalue weighted by atomic mass is 35.5. The van der Waals surface area contributed by atoms with Gasteiger partial charge >= 0.3 is 0 Å². The summed E-state index contributed by atoms with van der Waals surface area (Å²) in [6.07, 6.45) is 7.57. The molecule has 3 heterocycles. The van der Waals surface area contributed by atoms with Crippen molar-refractivity contribution < 1.29 is 9.90 Å². The molecule has 22 heavy (non-hydrogen) atoms. The Kier molecular flexibility index (Phi) is 4.08. The van der Waals surface area contributed by atoms with E-state index in [0.717, 1.165) is 6.42 Å². The Morgan fingerprint density at radius 2 is 2.32 bits per heavy atom. The summed E-state index contributed by atoms with van der Waals surface area (Å²) in [6, 6.07) is 1.59. The molecule has 2 aromatic rings. The fourth-order valence-corrected chi connectivity index (χ4v) is 2.95. The number of β-amino-alcohol motifs (C(OH)–C–C–N with tert-alkyl or cyclic N) is 1. The molecular formula is C14H16ClN5O2. The largest absolute Gasteiger partial charge is 0.386 e. The first-order valence-corrected chi connectivity index (χ1v) is 7.40. The highest BCUT2D eigenvalue weighted by Crippen LogP contribution is 2.25. The predicted molar refractivity (Wildman–Crippen MR) is 79.4 cm³/mol. The number of hydrogen-bond donors (Lipinski definition) is 1. The number of nitrogens with zero attached hydrogens (tertiary/aromatic N) is 5. The number of aromatic nitrogens is 4. The first kappa shape index (κ1) is 14.9. The molecule has 0 spiro atoms. The second kappa shape index (κ2) is 6.02. The van der Waals surface area contributed by atoms with Crippen LogP contribution in [0.15, 0.2) is 30.9 Å². The fourth-order valence-electron chi connectivity index (χ4n) is 2.75. The quantitative estimate of drug-likeness (QED) is 0.911. The molecule has 1 saturated heterocycles. The van der Waals surface area contributed by atoms with Crippen molar-refractivity contribution in [2.24, 2.45) is 0 Å². The Hall–Kier alpha value is -1.99. The van der Waals surface area contributed by atoms with E-state index < -0.39 is 5.60 Å². The lowest BCUT2D eigenvalue weighted by molar-refractivity contribution is -0.0387. The van der Waals surface area contributed by atoms with E-state index >= 15 is 0 Å². The molecule has 1 fully saturated rings. The van der Waals surface area contributed by atoms with E-state index in [1.54, 1.807) is 28.0 Å². The first-order valence-electron chi connectivity index (χ1n) is 7.03. The molecule has 1 amide bonds. The van der Waals surface area contributed by atoms with Gasteiger partial charge in [-0.15, -0.1) is 5.10 Å². The van der Waals surface area contributed by atoms with Crippen molar-refractivity contribution in [2.45, 2.75) is 25.0 Å². The molecule has 3 rings (SSSR count). The van der Waals surface area contributed by atoms with Crippen molar-refractivity contribution in [2.75, 3.05) is 13.1 Å². The molecule has 8 heteroatoms. The number of likely N-dealkylation sites (tertiary alicyclic amines) is 1. The summed E-state index contributed by atoms with van der Waals surface area (Å²) in [6.45, 7) is 1.14. The van der Waals surface area contributed by atoms with E-state index in [0.29, 0.717) is 30.1 Å². The number of aliphatic hydroxyl groups is 1. The molecule has 0 aromatic carbocycles. The van der Waals surface area contributed by atoms with E-state index in [4.69, 9.17) is 11.6 Å². The van der Waals surface area contributed by atoms with Crippen LogP contribution in [0.25, 0.3) is 0 Å². The molecule has 0 bridgehead atoms. The van der Waals surface area contributed by atoms with Gasteiger partial charge in [0, 0.05) is 25.1 Å². The van der Waals surface area contributed by atoms with E-state index in [1.807, 2.05) is 0 Å². The molecule has 0 radical (unpaired) electrons. The number of pyridine rings is 1. The Balaban J connectivity index is 1.75. The van der Waals surface area contributed by atoms with E-state index in [9.17, 15) is 9.90 Å². The summed E-state index contributed by atoms with van der Waals surface area (Å²) >= 11 is 6.03. The van der Waals surface area contributed by atoms with Gasteiger partial charge in [-0.25, -0.2) is 4.68 Å². The highest BCUT2D eigenvalue weighted by Gasteiger charge is 2.36. The van der Waals surface area contributed by atoms with Crippen LogP contribution in [0.1, 0.15) is 23.2 Å². The van der Waals surface area contributed by atoms with Crippen LogP contribution in [-0.4, -0.2) is 54.6 Å². The molecule has 1 aliphatic heterocycles. The maximum Gasteiger partial charge on any atom is 0.255 e. The Labute approximate surface area is 132 Å². The first-order chi connectivity index (χ1) is 10.6. The van der Waals surface area contributed by atoms with Crippen molar-refractivity contribution in [1.82, 2.24) is 24.9 Å². The second-order valence-electron chi connectivity index (χ2n) is 5.51. The normalized spacial score (nSPS) is 21.8. The zero-order valence-electron chi connectivity index (χ0n) is 11.9. The van der Waals surface area contributed by atoms with Gasteiger partial charge in [0.25, 0.3) is 5.91 Å². The van der Waals surface area contributed by atoms with Gasteiger partial charge in [0.15, 0.2) is 0 Å². The topological polar surface area (TPSA) is 84.1 Å². The third kappa shape index (κ3) is 3.10. The minimum absolute atomic E-state index is 0.191. The van der Waals surface area contributed by atoms with Crippen LogP contribution in [0.5, 0.6) is 0 Å². The third-order valence-corrected chi connectivity index (χ3v) is 4.07. The van der Waals surface area contributed by atoms with E-state index in [-0.39, 0.29) is 12.5 Å². The van der Waals surface area contributed by atoms with E-state index in [1.165, 1.54) is 12.4 Å². The van der Waals surface area contributed by atoms with Crippen LogP contribution in [0, 0.1) is 0 Å². The van der Waals surface area contributed by atoms with Crippen molar-refractivity contribution >= 4 is 17.5 Å². The summed E-state index contributed by atoms with van der Waals surface area (Å²) < 4.78 is 1.58. The smallest absolute Gasteiger partial charge is 0.255 e. The molecule has 1 N–H and O–H groups in total. The molecule has 0 aliphatic carbocycles. The summed E-state index contributed by atoms with van der Waals surface area (Å²) in [4.78, 5) is 18.1. The Morgan fingerprint density at radius 1 is 1.45 bits per heavy atom. The number of carbonyl (C=O) groups is 1. The van der Waals surface area contributed by atoms with Crippen LogP contribution in [-0.2, 0) is 6.54 Å². The van der Waals surface area contributed by atoms with E-state index in [2.05, 4.69) is 15.3 Å². The maximum atomic E-state index is 12.6. The summed E-state index contributed by atoms with van der Waals surface area (Å²) in [5.74, 6) is -0.191. The zero-order chi connectivity index (χ0) is 15.6. The fraction of sp³-hybridized carbons (Fsp3) is 0.429. The lowest BCUT2D eigenvalue weighted by Crippen LogP contribution is -2.52. The van der Waals surface area contributed by atoms with Gasteiger partial charge in [-0.2, -0.15) is 0 Å².